The van der Waals surface area contributed by atoms with Crippen molar-refractivity contribution in [2.24, 2.45) is 0 Å². The van der Waals surface area contributed by atoms with Crippen LogP contribution < -0.4 is 5.32 Å². The number of hydrogen-bond donors (Lipinski definition) is 2. The molecular formula is C7H12N4O. The highest BCUT2D eigenvalue weighted by Crippen LogP contribution is 2.09. The Bertz CT molecular complexity index is 254. The molecule has 1 aromatic rings. The molecule has 2 heterocycles. The van der Waals surface area contributed by atoms with Crippen molar-refractivity contribution >= 4 is 0 Å². The molecule has 0 aromatic carbocycles. The largest absolute Gasteiger partial charge is 0.378 e. The van der Waals surface area contributed by atoms with Gasteiger partial charge in [0, 0.05) is 6.54 Å². The highest BCUT2D eigenvalue weighted by atomic mass is 16.5. The van der Waals surface area contributed by atoms with Crippen LogP contribution in [0.5, 0.6) is 0 Å². The van der Waals surface area contributed by atoms with Crippen LogP contribution in [0.3, 0.4) is 0 Å². The number of morpholine rings is 1. The van der Waals surface area contributed by atoms with Crippen molar-refractivity contribution in [3.8, 4) is 0 Å². The fourth-order valence-electron chi connectivity index (χ4n) is 1.25. The van der Waals surface area contributed by atoms with Crippen LogP contribution in [0.2, 0.25) is 0 Å². The maximum absolute atomic E-state index is 5.29. The smallest absolute Gasteiger partial charge is 0.169 e. The van der Waals surface area contributed by atoms with Crippen LogP contribution in [-0.2, 0) is 4.74 Å². The van der Waals surface area contributed by atoms with Crippen molar-refractivity contribution < 1.29 is 4.74 Å². The maximum atomic E-state index is 5.29. The Kier molecular flexibility index (Phi) is 2.05. The molecule has 2 N–H and O–H groups in total. The van der Waals surface area contributed by atoms with Gasteiger partial charge in [0.2, 0.25) is 0 Å². The number of nitrogens with one attached hydrogen (secondary N) is 2. The van der Waals surface area contributed by atoms with Gasteiger partial charge in [-0.25, -0.2) is 4.98 Å². The number of ether oxygens (including phenoxy) is 1. The molecule has 5 heteroatoms. The fourth-order valence-corrected chi connectivity index (χ4v) is 1.25. The first kappa shape index (κ1) is 7.70. The second-order valence-corrected chi connectivity index (χ2v) is 2.86. The summed E-state index contributed by atoms with van der Waals surface area (Å²) in [5, 5.41) is 10.1. The summed E-state index contributed by atoms with van der Waals surface area (Å²) >= 11 is 0. The van der Waals surface area contributed by atoms with Crippen molar-refractivity contribution in [1.82, 2.24) is 20.5 Å². The van der Waals surface area contributed by atoms with Gasteiger partial charge >= 0.3 is 0 Å². The molecule has 0 bridgehead atoms. The number of aryl methyl sites for hydroxylation is 1. The first-order valence-electron chi connectivity index (χ1n) is 4.06. The second-order valence-electron chi connectivity index (χ2n) is 2.86. The van der Waals surface area contributed by atoms with E-state index in [0.717, 1.165) is 24.8 Å². The Morgan fingerprint density at radius 3 is 3.08 bits per heavy atom. The van der Waals surface area contributed by atoms with Crippen molar-refractivity contribution in [3.05, 3.63) is 11.6 Å². The highest BCUT2D eigenvalue weighted by molar-refractivity contribution is 4.96. The number of rotatable bonds is 1. The summed E-state index contributed by atoms with van der Waals surface area (Å²) in [5.74, 6) is 1.64. The fraction of sp³-hybridized carbons (Fsp3) is 0.714. The van der Waals surface area contributed by atoms with Crippen LogP contribution in [0, 0.1) is 6.92 Å². The molecule has 0 radical (unpaired) electrons. The van der Waals surface area contributed by atoms with Gasteiger partial charge in [-0.3, -0.25) is 5.10 Å². The predicted octanol–water partition coefficient (Wildman–Crippen LogP) is -0.226. The Morgan fingerprint density at radius 1 is 1.58 bits per heavy atom. The topological polar surface area (TPSA) is 62.8 Å². The summed E-state index contributed by atoms with van der Waals surface area (Å²) in [5.41, 5.74) is 0. The third-order valence-electron chi connectivity index (χ3n) is 1.85. The molecule has 1 saturated heterocycles. The molecule has 1 aliphatic rings. The van der Waals surface area contributed by atoms with E-state index in [1.54, 1.807) is 0 Å². The lowest BCUT2D eigenvalue weighted by molar-refractivity contribution is 0.0743. The van der Waals surface area contributed by atoms with E-state index in [4.69, 9.17) is 4.74 Å². The molecule has 1 unspecified atom stereocenters. The van der Waals surface area contributed by atoms with Crippen LogP contribution in [0.4, 0.5) is 0 Å². The molecular weight excluding hydrogens is 156 g/mol. The predicted molar refractivity (Wildman–Crippen MR) is 42.7 cm³/mol. The molecule has 5 nitrogen and oxygen atoms in total. The summed E-state index contributed by atoms with van der Waals surface area (Å²) in [6, 6.07) is 0.156. The molecule has 2 rings (SSSR count). The normalized spacial score (nSPS) is 24.2. The first-order valence-corrected chi connectivity index (χ1v) is 4.06. The minimum atomic E-state index is 0.156. The van der Waals surface area contributed by atoms with Crippen LogP contribution >= 0.6 is 0 Å². The Labute approximate surface area is 70.5 Å². The van der Waals surface area contributed by atoms with Gasteiger partial charge < -0.3 is 10.1 Å². The molecule has 0 saturated carbocycles. The van der Waals surface area contributed by atoms with E-state index in [2.05, 4.69) is 20.5 Å². The molecule has 1 aromatic heterocycles. The van der Waals surface area contributed by atoms with Crippen LogP contribution in [0.15, 0.2) is 0 Å². The van der Waals surface area contributed by atoms with Gasteiger partial charge in [0.25, 0.3) is 0 Å². The lowest BCUT2D eigenvalue weighted by Crippen LogP contribution is -2.35. The van der Waals surface area contributed by atoms with E-state index in [0.29, 0.717) is 6.61 Å². The Morgan fingerprint density at radius 2 is 2.50 bits per heavy atom. The molecule has 0 aliphatic carbocycles. The van der Waals surface area contributed by atoms with Gasteiger partial charge in [0.15, 0.2) is 5.82 Å². The van der Waals surface area contributed by atoms with Gasteiger partial charge in [0.05, 0.1) is 19.3 Å². The van der Waals surface area contributed by atoms with Gasteiger partial charge in [-0.2, -0.15) is 5.10 Å². The monoisotopic (exact) mass is 168 g/mol. The third kappa shape index (κ3) is 1.46. The molecule has 1 fully saturated rings. The molecule has 66 valence electrons. The SMILES string of the molecule is Cc1nc(C2COCCN2)n[nH]1. The number of aromatic nitrogens is 3. The maximum Gasteiger partial charge on any atom is 0.169 e. The summed E-state index contributed by atoms with van der Waals surface area (Å²) < 4.78 is 5.29. The standard InChI is InChI=1S/C7H12N4O/c1-5-9-7(11-10-5)6-4-12-3-2-8-6/h6,8H,2-4H2,1H3,(H,9,10,11). The van der Waals surface area contributed by atoms with E-state index in [-0.39, 0.29) is 6.04 Å². The molecule has 0 amide bonds. The summed E-state index contributed by atoms with van der Waals surface area (Å²) in [7, 11) is 0. The zero-order chi connectivity index (χ0) is 8.39. The summed E-state index contributed by atoms with van der Waals surface area (Å²) in [6.45, 7) is 4.20. The second kappa shape index (κ2) is 3.20. The van der Waals surface area contributed by atoms with Crippen LogP contribution in [0.25, 0.3) is 0 Å². The van der Waals surface area contributed by atoms with Gasteiger partial charge in [-0.15, -0.1) is 0 Å². The Balaban J connectivity index is 2.08. The lowest BCUT2D eigenvalue weighted by atomic mass is 10.3. The van der Waals surface area contributed by atoms with Crippen molar-refractivity contribution in [3.63, 3.8) is 0 Å². The Hall–Kier alpha value is -0.940. The van der Waals surface area contributed by atoms with E-state index >= 15 is 0 Å². The van der Waals surface area contributed by atoms with E-state index in [1.165, 1.54) is 0 Å². The number of hydrogen-bond acceptors (Lipinski definition) is 4. The quantitative estimate of drug-likeness (QED) is 0.608. The zero-order valence-electron chi connectivity index (χ0n) is 7.00. The van der Waals surface area contributed by atoms with Crippen molar-refractivity contribution in [2.75, 3.05) is 19.8 Å². The number of aromatic amines is 1. The van der Waals surface area contributed by atoms with Gasteiger partial charge in [-0.05, 0) is 6.92 Å². The van der Waals surface area contributed by atoms with Crippen molar-refractivity contribution in [1.29, 1.82) is 0 Å². The minimum absolute atomic E-state index is 0.156. The molecule has 1 atom stereocenters. The zero-order valence-corrected chi connectivity index (χ0v) is 7.00. The number of H-pyrrole nitrogens is 1. The minimum Gasteiger partial charge on any atom is -0.378 e. The van der Waals surface area contributed by atoms with Gasteiger partial charge in [0.1, 0.15) is 5.82 Å². The van der Waals surface area contributed by atoms with Crippen molar-refractivity contribution in [2.45, 2.75) is 13.0 Å². The van der Waals surface area contributed by atoms with Crippen LogP contribution in [-0.4, -0.2) is 34.9 Å². The first-order chi connectivity index (χ1) is 5.86. The third-order valence-corrected chi connectivity index (χ3v) is 1.85. The lowest BCUT2D eigenvalue weighted by Gasteiger charge is -2.20. The number of nitrogens with zero attached hydrogens (tertiary/aromatic N) is 2. The average molecular weight is 168 g/mol. The average Bonchev–Trinajstić information content (AvgIpc) is 2.54. The van der Waals surface area contributed by atoms with Gasteiger partial charge in [-0.1, -0.05) is 0 Å². The molecule has 12 heavy (non-hydrogen) atoms. The van der Waals surface area contributed by atoms with E-state index in [9.17, 15) is 0 Å². The molecule has 1 aliphatic heterocycles. The van der Waals surface area contributed by atoms with Crippen LogP contribution in [0.1, 0.15) is 17.7 Å². The summed E-state index contributed by atoms with van der Waals surface area (Å²) in [4.78, 5) is 4.23. The highest BCUT2D eigenvalue weighted by Gasteiger charge is 2.18. The van der Waals surface area contributed by atoms with E-state index in [1.807, 2.05) is 6.92 Å². The summed E-state index contributed by atoms with van der Waals surface area (Å²) in [6.07, 6.45) is 0. The van der Waals surface area contributed by atoms with E-state index < -0.39 is 0 Å². The molecule has 0 spiro atoms.